The molecule has 0 radical (unpaired) electrons. The zero-order chi connectivity index (χ0) is 19.1. The molecule has 1 heterocycles. The molecule has 0 saturated carbocycles. The number of rotatable bonds is 7. The van der Waals surface area contributed by atoms with E-state index < -0.39 is 6.09 Å². The van der Waals surface area contributed by atoms with Crippen LogP contribution in [0, 0.1) is 0 Å². The van der Waals surface area contributed by atoms with Gasteiger partial charge >= 0.3 is 6.09 Å². The summed E-state index contributed by atoms with van der Waals surface area (Å²) in [5, 5.41) is 5.19. The monoisotopic (exact) mass is 368 g/mol. The zero-order valence-electron chi connectivity index (χ0n) is 14.7. The van der Waals surface area contributed by atoms with E-state index in [1.165, 1.54) is 0 Å². The number of carbonyl (C=O) groups is 2. The molecular weight excluding hydrogens is 348 g/mol. The molecule has 7 nitrogen and oxygen atoms in total. The quantitative estimate of drug-likeness (QED) is 0.734. The largest absolute Gasteiger partial charge is 0.454 e. The minimum absolute atomic E-state index is 0.139. The maximum Gasteiger partial charge on any atom is 0.407 e. The Labute approximate surface area is 156 Å². The highest BCUT2D eigenvalue weighted by atomic mass is 16.7. The molecule has 0 atom stereocenters. The van der Waals surface area contributed by atoms with Crippen LogP contribution in [0.2, 0.25) is 0 Å². The van der Waals surface area contributed by atoms with Crippen molar-refractivity contribution in [3.63, 3.8) is 0 Å². The summed E-state index contributed by atoms with van der Waals surface area (Å²) in [6.45, 7) is 3.79. The first-order valence-corrected chi connectivity index (χ1v) is 8.43. The molecule has 2 aromatic carbocycles. The van der Waals surface area contributed by atoms with Crippen LogP contribution in [0.25, 0.3) is 0 Å². The summed E-state index contributed by atoms with van der Waals surface area (Å²) in [6, 6.07) is 12.8. The predicted molar refractivity (Wildman–Crippen MR) is 99.7 cm³/mol. The van der Waals surface area contributed by atoms with E-state index in [0.29, 0.717) is 23.6 Å². The van der Waals surface area contributed by atoms with Crippen molar-refractivity contribution in [2.24, 2.45) is 0 Å². The highest BCUT2D eigenvalue weighted by Crippen LogP contribution is 2.37. The van der Waals surface area contributed by atoms with Gasteiger partial charge in [0, 0.05) is 11.8 Å². The summed E-state index contributed by atoms with van der Waals surface area (Å²) < 4.78 is 15.8. The molecule has 140 valence electrons. The number of carbonyl (C=O) groups excluding carboxylic acids is 2. The van der Waals surface area contributed by atoms with Crippen LogP contribution in [0.4, 0.5) is 10.5 Å². The zero-order valence-corrected chi connectivity index (χ0v) is 14.7. The van der Waals surface area contributed by atoms with Gasteiger partial charge in [-0.1, -0.05) is 36.4 Å². The predicted octanol–water partition coefficient (Wildman–Crippen LogP) is 3.01. The Balaban J connectivity index is 1.51. The van der Waals surface area contributed by atoms with Crippen LogP contribution in [-0.2, 0) is 22.6 Å². The number of fused-ring (bicyclic) bond motifs is 1. The summed E-state index contributed by atoms with van der Waals surface area (Å²) in [5.41, 5.74) is 2.30. The van der Waals surface area contributed by atoms with Gasteiger partial charge in [0.1, 0.15) is 13.2 Å². The van der Waals surface area contributed by atoms with Crippen molar-refractivity contribution in [1.82, 2.24) is 5.32 Å². The van der Waals surface area contributed by atoms with E-state index in [9.17, 15) is 9.59 Å². The number of allylic oxidation sites excluding steroid dienone is 1. The van der Waals surface area contributed by atoms with Gasteiger partial charge in [-0.25, -0.2) is 4.79 Å². The third-order valence-corrected chi connectivity index (χ3v) is 3.84. The maximum absolute atomic E-state index is 12.2. The number of hydrogen-bond acceptors (Lipinski definition) is 5. The molecule has 3 rings (SSSR count). The topological polar surface area (TPSA) is 85.9 Å². The Morgan fingerprint density at radius 2 is 1.89 bits per heavy atom. The molecule has 0 aromatic heterocycles. The third kappa shape index (κ3) is 5.01. The van der Waals surface area contributed by atoms with E-state index in [1.807, 2.05) is 30.3 Å². The number of anilines is 1. The lowest BCUT2D eigenvalue weighted by Crippen LogP contribution is -2.33. The summed E-state index contributed by atoms with van der Waals surface area (Å²) >= 11 is 0. The lowest BCUT2D eigenvalue weighted by atomic mass is 10.1. The van der Waals surface area contributed by atoms with E-state index in [0.717, 1.165) is 11.1 Å². The molecule has 0 spiro atoms. The molecule has 0 bridgehead atoms. The minimum Gasteiger partial charge on any atom is -0.454 e. The number of amides is 2. The third-order valence-electron chi connectivity index (χ3n) is 3.84. The van der Waals surface area contributed by atoms with Crippen LogP contribution in [0.15, 0.2) is 55.1 Å². The highest BCUT2D eigenvalue weighted by Gasteiger charge is 2.18. The van der Waals surface area contributed by atoms with Gasteiger partial charge in [-0.2, -0.15) is 0 Å². The molecule has 1 aliphatic heterocycles. The summed E-state index contributed by atoms with van der Waals surface area (Å²) in [7, 11) is 0. The molecule has 1 aliphatic rings. The Morgan fingerprint density at radius 1 is 1.15 bits per heavy atom. The maximum atomic E-state index is 12.2. The smallest absolute Gasteiger partial charge is 0.407 e. The van der Waals surface area contributed by atoms with Crippen molar-refractivity contribution >= 4 is 17.7 Å². The fourth-order valence-corrected chi connectivity index (χ4v) is 2.55. The fraction of sp³-hybridized carbons (Fsp3) is 0.200. The van der Waals surface area contributed by atoms with Crippen molar-refractivity contribution in [2.75, 3.05) is 18.7 Å². The van der Waals surface area contributed by atoms with Gasteiger partial charge in [-0.15, -0.1) is 6.58 Å². The second-order valence-corrected chi connectivity index (χ2v) is 5.82. The van der Waals surface area contributed by atoms with Crippen molar-refractivity contribution < 1.29 is 23.8 Å². The number of alkyl carbamates (subject to hydrolysis) is 1. The van der Waals surface area contributed by atoms with Crippen molar-refractivity contribution in [2.45, 2.75) is 13.0 Å². The van der Waals surface area contributed by atoms with Crippen LogP contribution in [0.5, 0.6) is 11.5 Å². The average Bonchev–Trinajstić information content (AvgIpc) is 3.13. The Hall–Kier alpha value is -3.48. The Bertz CT molecular complexity index is 836. The van der Waals surface area contributed by atoms with Crippen molar-refractivity contribution in [3.05, 3.63) is 66.2 Å². The Morgan fingerprint density at radius 3 is 2.63 bits per heavy atom. The van der Waals surface area contributed by atoms with Crippen molar-refractivity contribution in [3.8, 4) is 11.5 Å². The van der Waals surface area contributed by atoms with Crippen LogP contribution in [-0.4, -0.2) is 25.3 Å². The number of benzene rings is 2. The summed E-state index contributed by atoms with van der Waals surface area (Å²) in [6.07, 6.45) is 1.62. The first-order valence-electron chi connectivity index (χ1n) is 8.43. The molecule has 2 aromatic rings. The van der Waals surface area contributed by atoms with E-state index >= 15 is 0 Å². The molecule has 2 N–H and O–H groups in total. The SMILES string of the molecule is C=CCc1cc2c(cc1NC(=O)CNC(=O)OCc1ccccc1)OCO2. The number of ether oxygens (including phenoxy) is 3. The van der Waals surface area contributed by atoms with Crippen LogP contribution in [0.1, 0.15) is 11.1 Å². The van der Waals surface area contributed by atoms with E-state index in [1.54, 1.807) is 18.2 Å². The number of nitrogens with one attached hydrogen (secondary N) is 2. The van der Waals surface area contributed by atoms with Crippen LogP contribution < -0.4 is 20.1 Å². The normalized spacial score (nSPS) is 11.6. The Kier molecular flexibility index (Phi) is 5.94. The molecule has 0 unspecified atom stereocenters. The van der Waals surface area contributed by atoms with Gasteiger partial charge in [0.2, 0.25) is 12.7 Å². The summed E-state index contributed by atoms with van der Waals surface area (Å²) in [5.74, 6) is 0.816. The standard InChI is InChI=1S/C20H20N2O5/c1-2-6-15-9-17-18(27-13-26-17)10-16(15)22-19(23)11-21-20(24)25-12-14-7-4-3-5-8-14/h2-5,7-10H,1,6,11-13H2,(H,21,24)(H,22,23). The molecular formula is C20H20N2O5. The molecule has 0 fully saturated rings. The van der Waals surface area contributed by atoms with Gasteiger partial charge < -0.3 is 24.8 Å². The van der Waals surface area contributed by atoms with E-state index in [-0.39, 0.29) is 25.9 Å². The second-order valence-electron chi connectivity index (χ2n) is 5.82. The van der Waals surface area contributed by atoms with Gasteiger partial charge in [-0.3, -0.25) is 4.79 Å². The lowest BCUT2D eigenvalue weighted by Gasteiger charge is -2.12. The molecule has 7 heteroatoms. The molecule has 0 aliphatic carbocycles. The van der Waals surface area contributed by atoms with Gasteiger partial charge in [0.25, 0.3) is 0 Å². The molecule has 2 amide bonds. The first-order chi connectivity index (χ1) is 13.2. The summed E-state index contributed by atoms with van der Waals surface area (Å²) in [4.78, 5) is 23.9. The van der Waals surface area contributed by atoms with Gasteiger partial charge in [0.15, 0.2) is 11.5 Å². The second kappa shape index (κ2) is 8.75. The fourth-order valence-electron chi connectivity index (χ4n) is 2.55. The number of hydrogen-bond donors (Lipinski definition) is 2. The van der Waals surface area contributed by atoms with E-state index in [2.05, 4.69) is 17.2 Å². The van der Waals surface area contributed by atoms with Gasteiger partial charge in [-0.05, 0) is 23.6 Å². The minimum atomic E-state index is -0.661. The van der Waals surface area contributed by atoms with Crippen molar-refractivity contribution in [1.29, 1.82) is 0 Å². The average molecular weight is 368 g/mol. The van der Waals surface area contributed by atoms with Crippen LogP contribution >= 0.6 is 0 Å². The van der Waals surface area contributed by atoms with E-state index in [4.69, 9.17) is 14.2 Å². The lowest BCUT2D eigenvalue weighted by molar-refractivity contribution is -0.115. The first kappa shape index (κ1) is 18.3. The van der Waals surface area contributed by atoms with Crippen LogP contribution in [0.3, 0.4) is 0 Å². The highest BCUT2D eigenvalue weighted by molar-refractivity contribution is 5.95. The van der Waals surface area contributed by atoms with Gasteiger partial charge in [0.05, 0.1) is 0 Å². The molecule has 0 saturated heterocycles. The molecule has 27 heavy (non-hydrogen) atoms.